The van der Waals surface area contributed by atoms with Gasteiger partial charge in [0.15, 0.2) is 0 Å². The van der Waals surface area contributed by atoms with Crippen LogP contribution in [0.1, 0.15) is 25.7 Å². The number of nitrogens with zero attached hydrogens (tertiary/aromatic N) is 1. The summed E-state index contributed by atoms with van der Waals surface area (Å²) in [5, 5.41) is 0. The van der Waals surface area contributed by atoms with Crippen LogP contribution in [0.3, 0.4) is 0 Å². The smallest absolute Gasteiger partial charge is 0.354 e. The van der Waals surface area contributed by atoms with Gasteiger partial charge in [-0.15, -0.1) is 0 Å². The summed E-state index contributed by atoms with van der Waals surface area (Å²) in [4.78, 5) is 13.8. The number of para-hydroxylation sites is 1. The monoisotopic (exact) mass is 271 g/mol. The quantitative estimate of drug-likeness (QED) is 0.618. The number of carbonyl (C=O) groups is 1. The third-order valence-electron chi connectivity index (χ3n) is 3.62. The van der Waals surface area contributed by atoms with Gasteiger partial charge in [-0.05, 0) is 43.9 Å². The number of allylic oxidation sites excluding steroid dienone is 3. The van der Waals surface area contributed by atoms with Crippen molar-refractivity contribution in [2.75, 3.05) is 19.1 Å². The van der Waals surface area contributed by atoms with Gasteiger partial charge in [0.2, 0.25) is 0 Å². The van der Waals surface area contributed by atoms with Gasteiger partial charge >= 0.3 is 5.97 Å². The molecule has 0 aliphatic heterocycles. The molecule has 20 heavy (non-hydrogen) atoms. The summed E-state index contributed by atoms with van der Waals surface area (Å²) in [7, 11) is 3.29. The summed E-state index contributed by atoms with van der Waals surface area (Å²) in [5.74, 6) is -0.314. The van der Waals surface area contributed by atoms with Crippen LogP contribution in [0, 0.1) is 0 Å². The van der Waals surface area contributed by atoms with E-state index in [0.717, 1.165) is 18.5 Å². The van der Waals surface area contributed by atoms with Crippen LogP contribution in [0.4, 0.5) is 5.69 Å². The summed E-state index contributed by atoms with van der Waals surface area (Å²) in [6.45, 7) is 0. The first-order valence-corrected chi connectivity index (χ1v) is 6.99. The molecule has 1 aromatic rings. The van der Waals surface area contributed by atoms with Gasteiger partial charge in [0.25, 0.3) is 0 Å². The number of carbonyl (C=O) groups excluding carboxylic acids is 1. The first-order chi connectivity index (χ1) is 9.72. The number of rotatable bonds is 4. The van der Waals surface area contributed by atoms with E-state index in [1.807, 2.05) is 48.4 Å². The standard InChI is InChI=1S/C17H21NO2/c1-18(15-10-4-3-5-11-15)16(17(19)20-2)13-12-14-8-6-7-9-14/h3-5,10-13H,6-9H2,1-2H3/b16-13-. The minimum Gasteiger partial charge on any atom is -0.464 e. The maximum Gasteiger partial charge on any atom is 0.354 e. The van der Waals surface area contributed by atoms with Crippen molar-refractivity contribution < 1.29 is 9.53 Å². The highest BCUT2D eigenvalue weighted by Crippen LogP contribution is 2.24. The van der Waals surface area contributed by atoms with Gasteiger partial charge in [-0.1, -0.05) is 29.8 Å². The Labute approximate surface area is 120 Å². The van der Waals surface area contributed by atoms with Crippen molar-refractivity contribution in [3.63, 3.8) is 0 Å². The first-order valence-electron chi connectivity index (χ1n) is 6.99. The fourth-order valence-electron chi connectivity index (χ4n) is 2.40. The van der Waals surface area contributed by atoms with Crippen molar-refractivity contribution in [3.05, 3.63) is 53.8 Å². The Balaban J connectivity index is 2.25. The van der Waals surface area contributed by atoms with E-state index in [9.17, 15) is 4.79 Å². The number of anilines is 1. The molecule has 0 heterocycles. The fourth-order valence-corrected chi connectivity index (χ4v) is 2.40. The minimum atomic E-state index is -0.314. The first kappa shape index (κ1) is 14.4. The summed E-state index contributed by atoms with van der Waals surface area (Å²) in [5.41, 5.74) is 2.93. The molecule has 0 N–H and O–H groups in total. The number of methoxy groups -OCH3 is 1. The lowest BCUT2D eigenvalue weighted by Gasteiger charge is -2.20. The van der Waals surface area contributed by atoms with E-state index < -0.39 is 0 Å². The van der Waals surface area contributed by atoms with Gasteiger partial charge in [0, 0.05) is 12.7 Å². The molecule has 0 spiro atoms. The van der Waals surface area contributed by atoms with E-state index in [4.69, 9.17) is 4.74 Å². The van der Waals surface area contributed by atoms with Crippen LogP contribution in [0.15, 0.2) is 53.8 Å². The SMILES string of the molecule is COC(=O)/C(=C/C=C1CCCC1)N(C)c1ccccc1. The molecular formula is C17H21NO2. The number of hydrogen-bond donors (Lipinski definition) is 0. The molecule has 3 heteroatoms. The van der Waals surface area contributed by atoms with Crippen LogP contribution in [0.2, 0.25) is 0 Å². The van der Waals surface area contributed by atoms with Crippen LogP contribution in [-0.4, -0.2) is 20.1 Å². The second kappa shape index (κ2) is 6.94. The van der Waals surface area contributed by atoms with E-state index in [-0.39, 0.29) is 5.97 Å². The van der Waals surface area contributed by atoms with Crippen molar-refractivity contribution in [1.82, 2.24) is 0 Å². The second-order valence-corrected chi connectivity index (χ2v) is 4.97. The summed E-state index contributed by atoms with van der Waals surface area (Å²) in [6, 6.07) is 9.81. The van der Waals surface area contributed by atoms with Crippen molar-refractivity contribution in [3.8, 4) is 0 Å². The van der Waals surface area contributed by atoms with Crippen LogP contribution in [0.5, 0.6) is 0 Å². The van der Waals surface area contributed by atoms with Crippen LogP contribution < -0.4 is 4.90 Å². The molecular weight excluding hydrogens is 250 g/mol. The maximum absolute atomic E-state index is 12.0. The van der Waals surface area contributed by atoms with Crippen LogP contribution in [-0.2, 0) is 9.53 Å². The van der Waals surface area contributed by atoms with Gasteiger partial charge in [0.05, 0.1) is 7.11 Å². The number of ether oxygens (including phenoxy) is 1. The molecule has 1 aliphatic carbocycles. The number of benzene rings is 1. The molecule has 1 aromatic carbocycles. The Morgan fingerprint density at radius 2 is 1.85 bits per heavy atom. The molecule has 3 nitrogen and oxygen atoms in total. The molecule has 0 amide bonds. The van der Waals surface area contributed by atoms with Crippen LogP contribution in [0.25, 0.3) is 0 Å². The van der Waals surface area contributed by atoms with Crippen molar-refractivity contribution in [1.29, 1.82) is 0 Å². The predicted molar refractivity (Wildman–Crippen MR) is 81.5 cm³/mol. The van der Waals surface area contributed by atoms with E-state index in [2.05, 4.69) is 6.08 Å². The van der Waals surface area contributed by atoms with Crippen molar-refractivity contribution in [2.24, 2.45) is 0 Å². The highest BCUT2D eigenvalue weighted by atomic mass is 16.5. The predicted octanol–water partition coefficient (Wildman–Crippen LogP) is 3.68. The number of likely N-dealkylation sites (N-methyl/N-ethyl adjacent to an activating group) is 1. The van der Waals surface area contributed by atoms with Gasteiger partial charge in [-0.25, -0.2) is 4.79 Å². The summed E-state index contributed by atoms with van der Waals surface area (Å²) >= 11 is 0. The highest BCUT2D eigenvalue weighted by molar-refractivity contribution is 5.92. The average Bonchev–Trinajstić information content (AvgIpc) is 3.01. The van der Waals surface area contributed by atoms with E-state index in [1.165, 1.54) is 25.5 Å². The summed E-state index contributed by atoms with van der Waals surface area (Å²) < 4.78 is 4.89. The number of hydrogen-bond acceptors (Lipinski definition) is 3. The zero-order chi connectivity index (χ0) is 14.4. The van der Waals surface area contributed by atoms with Crippen LogP contribution >= 0.6 is 0 Å². The Morgan fingerprint density at radius 1 is 1.20 bits per heavy atom. The molecule has 0 aromatic heterocycles. The lowest BCUT2D eigenvalue weighted by atomic mass is 10.2. The van der Waals surface area contributed by atoms with Gasteiger partial charge < -0.3 is 9.64 Å². The lowest BCUT2D eigenvalue weighted by Crippen LogP contribution is -2.24. The Hall–Kier alpha value is -2.03. The Bertz CT molecular complexity index is 509. The van der Waals surface area contributed by atoms with Crippen molar-refractivity contribution in [2.45, 2.75) is 25.7 Å². The molecule has 1 aliphatic rings. The normalized spacial score (nSPS) is 15.1. The second-order valence-electron chi connectivity index (χ2n) is 4.97. The number of esters is 1. The lowest BCUT2D eigenvalue weighted by molar-refractivity contribution is -0.136. The Morgan fingerprint density at radius 3 is 2.45 bits per heavy atom. The van der Waals surface area contributed by atoms with Crippen molar-refractivity contribution >= 4 is 11.7 Å². The Kier molecular flexibility index (Phi) is 4.99. The molecule has 1 saturated carbocycles. The maximum atomic E-state index is 12.0. The van der Waals surface area contributed by atoms with E-state index in [1.54, 1.807) is 0 Å². The molecule has 0 atom stereocenters. The zero-order valence-corrected chi connectivity index (χ0v) is 12.1. The highest BCUT2D eigenvalue weighted by Gasteiger charge is 2.15. The molecule has 0 unspecified atom stereocenters. The van der Waals surface area contributed by atoms with Gasteiger partial charge in [-0.2, -0.15) is 0 Å². The molecule has 1 fully saturated rings. The molecule has 0 saturated heterocycles. The molecule has 0 bridgehead atoms. The largest absolute Gasteiger partial charge is 0.464 e. The third-order valence-corrected chi connectivity index (χ3v) is 3.62. The topological polar surface area (TPSA) is 29.5 Å². The fraction of sp³-hybridized carbons (Fsp3) is 0.353. The van der Waals surface area contributed by atoms with Gasteiger partial charge in [-0.3, -0.25) is 0 Å². The molecule has 106 valence electrons. The summed E-state index contributed by atoms with van der Waals surface area (Å²) in [6.07, 6.45) is 8.72. The molecule has 0 radical (unpaired) electrons. The minimum absolute atomic E-state index is 0.314. The average molecular weight is 271 g/mol. The molecule has 2 rings (SSSR count). The van der Waals surface area contributed by atoms with E-state index in [0.29, 0.717) is 5.70 Å². The zero-order valence-electron chi connectivity index (χ0n) is 12.1. The van der Waals surface area contributed by atoms with E-state index >= 15 is 0 Å². The third kappa shape index (κ3) is 3.50. The van der Waals surface area contributed by atoms with Gasteiger partial charge in [0.1, 0.15) is 5.70 Å².